The zero-order chi connectivity index (χ0) is 54.6. The Morgan fingerprint density at radius 1 is 0.743 bits per heavy atom. The standard InChI is InChI=1S/C54H71N5O10.CH4O3S/c1-9-26-67-47-32-41(21-23-46(47)69-53(65)38(6)7)33-59(24-27-66-28-25-59)34-48(60)55-42(22-20-39-16-12-10-13-17-39)50(62)57-44(30-37(4)5)51(63)58-45(31-40-18-14-11-15-19-40)52(64)56-43(29-36(2)3)49(61)54(8)35-68-54;1-5(2,3)4/h1,10-19,21,23,32,36-38,42-45H,20,22,24-31,33-35H2,2-8H3,(H3-,55,56,57,58,60,62,63,64);1H3,(H,2,3,4)/t42?,43?,44?,45?,54-;/m1./s1. The quantitative estimate of drug-likeness (QED) is 0.0222. The first kappa shape index (κ1) is 60.4. The van der Waals surface area contributed by atoms with Crippen LogP contribution in [0.25, 0.3) is 0 Å². The Bertz CT molecular complexity index is 2500. The third kappa shape index (κ3) is 21.0. The third-order valence-corrected chi connectivity index (χ3v) is 12.3. The van der Waals surface area contributed by atoms with E-state index in [-0.39, 0.29) is 74.2 Å². The molecular weight excluding hydrogens is 971 g/mol. The monoisotopic (exact) mass is 1050 g/mol. The van der Waals surface area contributed by atoms with Gasteiger partial charge in [-0.15, -0.1) is 6.42 Å². The molecular formula is C55H75N5O13S. The third-order valence-electron chi connectivity index (χ3n) is 12.3. The molecule has 0 bridgehead atoms. The van der Waals surface area contributed by atoms with E-state index in [1.54, 1.807) is 32.9 Å². The summed E-state index contributed by atoms with van der Waals surface area (Å²) in [6.07, 6.45) is 7.56. The second-order valence-electron chi connectivity index (χ2n) is 20.4. The highest BCUT2D eigenvalue weighted by atomic mass is 32.2. The number of Topliss-reactive ketones (excluding diaryl/α,β-unsaturated/α-hetero) is 1. The molecule has 2 heterocycles. The minimum atomic E-state index is -3.92. The molecule has 2 saturated heterocycles. The van der Waals surface area contributed by atoms with Crippen molar-refractivity contribution in [3.8, 4) is 23.8 Å². The zero-order valence-electron chi connectivity index (χ0n) is 44.0. The molecule has 0 aliphatic carbocycles. The van der Waals surface area contributed by atoms with Crippen LogP contribution in [0, 0.1) is 30.1 Å². The first-order chi connectivity index (χ1) is 34.9. The summed E-state index contributed by atoms with van der Waals surface area (Å²) in [5.74, 6) is 0.0283. The zero-order valence-corrected chi connectivity index (χ0v) is 44.8. The molecule has 0 radical (unpaired) electrons. The first-order valence-electron chi connectivity index (χ1n) is 25.1. The molecule has 2 aliphatic rings. The van der Waals surface area contributed by atoms with Crippen LogP contribution in [0.3, 0.4) is 0 Å². The van der Waals surface area contributed by atoms with Gasteiger partial charge in [0.1, 0.15) is 50.0 Å². The molecule has 2 fully saturated rings. The number of rotatable bonds is 26. The Hall–Kier alpha value is -6.17. The van der Waals surface area contributed by atoms with Gasteiger partial charge in [-0.05, 0) is 73.8 Å². The van der Waals surface area contributed by atoms with Crippen molar-refractivity contribution in [2.75, 3.05) is 52.3 Å². The van der Waals surface area contributed by atoms with E-state index in [1.807, 2.05) is 94.4 Å². The molecule has 2 aliphatic heterocycles. The summed E-state index contributed by atoms with van der Waals surface area (Å²) in [5, 5.41) is 11.8. The average Bonchev–Trinajstić information content (AvgIpc) is 4.09. The predicted molar refractivity (Wildman–Crippen MR) is 277 cm³/mol. The molecule has 0 saturated carbocycles. The van der Waals surface area contributed by atoms with Crippen molar-refractivity contribution in [1.29, 1.82) is 0 Å². The normalized spacial score (nSPS) is 17.5. The van der Waals surface area contributed by atoms with Crippen LogP contribution in [-0.2, 0) is 67.7 Å². The minimum absolute atomic E-state index is 0.0148. The van der Waals surface area contributed by atoms with Crippen LogP contribution in [0.1, 0.15) is 84.4 Å². The number of hydrogen-bond donors (Lipinski definition) is 4. The molecule has 4 amide bonds. The molecule has 0 aromatic heterocycles. The summed E-state index contributed by atoms with van der Waals surface area (Å²) in [6, 6.07) is 20.1. The van der Waals surface area contributed by atoms with Crippen LogP contribution < -0.4 is 30.7 Å². The van der Waals surface area contributed by atoms with E-state index in [9.17, 15) is 28.8 Å². The van der Waals surface area contributed by atoms with E-state index in [4.69, 9.17) is 38.3 Å². The molecule has 4 unspecified atom stereocenters. The van der Waals surface area contributed by atoms with Gasteiger partial charge in [0.05, 0.1) is 41.9 Å². The van der Waals surface area contributed by atoms with Gasteiger partial charge in [0.2, 0.25) is 17.7 Å². The fourth-order valence-corrected chi connectivity index (χ4v) is 8.35. The van der Waals surface area contributed by atoms with Crippen LogP contribution in [0.15, 0.2) is 78.9 Å². The molecule has 404 valence electrons. The number of hydrogen-bond acceptors (Lipinski definition) is 13. The predicted octanol–water partition coefficient (Wildman–Crippen LogP) is 4.03. The molecule has 4 N–H and O–H groups in total. The van der Waals surface area contributed by atoms with Crippen molar-refractivity contribution in [2.24, 2.45) is 17.8 Å². The number of amides is 4. The number of terminal acetylenes is 1. The van der Waals surface area contributed by atoms with Crippen molar-refractivity contribution in [2.45, 2.75) is 117 Å². The summed E-state index contributed by atoms with van der Waals surface area (Å²) < 4.78 is 50.1. The SMILES string of the molecule is C#CCOc1cc(C[N+]2(CC(=O)NC(CCc3ccccc3)C(=O)NC(CC(C)C)C(=O)NC(Cc3ccccc3)C(=O)NC(CC(C)C)C(=O)[C@@]3(C)CO3)CCOCC2)ccc1OC(=O)C(C)C.CS(=O)(=O)[O-]. The molecule has 0 spiro atoms. The Morgan fingerprint density at radius 2 is 1.27 bits per heavy atom. The van der Waals surface area contributed by atoms with Gasteiger partial charge < -0.3 is 49.3 Å². The number of ketones is 1. The van der Waals surface area contributed by atoms with Crippen LogP contribution in [-0.4, -0.2) is 135 Å². The highest BCUT2D eigenvalue weighted by molar-refractivity contribution is 7.84. The number of aryl methyl sites for hydroxylation is 1. The number of quaternary nitrogens is 1. The highest BCUT2D eigenvalue weighted by Crippen LogP contribution is 2.32. The van der Waals surface area contributed by atoms with Crippen molar-refractivity contribution in [3.63, 3.8) is 0 Å². The van der Waals surface area contributed by atoms with Gasteiger partial charge in [0.25, 0.3) is 5.91 Å². The van der Waals surface area contributed by atoms with E-state index in [2.05, 4.69) is 27.2 Å². The lowest BCUT2D eigenvalue weighted by Crippen LogP contribution is -2.61. The molecule has 74 heavy (non-hydrogen) atoms. The van der Waals surface area contributed by atoms with E-state index in [0.717, 1.165) is 16.7 Å². The molecule has 3 aromatic carbocycles. The molecule has 3 aromatic rings. The number of carbonyl (C=O) groups excluding carboxylic acids is 6. The summed E-state index contributed by atoms with van der Waals surface area (Å²) >= 11 is 0. The number of morpholine rings is 1. The van der Waals surface area contributed by atoms with Crippen molar-refractivity contribution >= 4 is 45.5 Å². The Balaban J connectivity index is 0.00000226. The summed E-state index contributed by atoms with van der Waals surface area (Å²) in [5.41, 5.74) is 1.61. The number of carbonyl (C=O) groups is 6. The first-order valence-corrected chi connectivity index (χ1v) is 26.9. The second kappa shape index (κ2) is 28.5. The van der Waals surface area contributed by atoms with Crippen LogP contribution in [0.2, 0.25) is 0 Å². The van der Waals surface area contributed by atoms with Gasteiger partial charge in [0, 0.05) is 18.2 Å². The Kier molecular flexibility index (Phi) is 23.2. The van der Waals surface area contributed by atoms with Crippen LogP contribution >= 0.6 is 0 Å². The lowest BCUT2D eigenvalue weighted by molar-refractivity contribution is -0.940. The van der Waals surface area contributed by atoms with E-state index in [1.165, 1.54) is 0 Å². The van der Waals surface area contributed by atoms with E-state index < -0.39 is 63.6 Å². The maximum atomic E-state index is 14.5. The van der Waals surface area contributed by atoms with Gasteiger partial charge in [-0.25, -0.2) is 8.42 Å². The Morgan fingerprint density at radius 3 is 1.82 bits per heavy atom. The van der Waals surface area contributed by atoms with Gasteiger partial charge in [-0.1, -0.05) is 108 Å². The van der Waals surface area contributed by atoms with Gasteiger partial charge >= 0.3 is 5.97 Å². The number of nitrogens with one attached hydrogen (secondary N) is 4. The maximum absolute atomic E-state index is 14.5. The second-order valence-corrected chi connectivity index (χ2v) is 21.8. The maximum Gasteiger partial charge on any atom is 0.313 e. The molecule has 19 heteroatoms. The lowest BCUT2D eigenvalue weighted by atomic mass is 9.93. The topological polar surface area (TPSA) is 248 Å². The van der Waals surface area contributed by atoms with E-state index >= 15 is 0 Å². The fraction of sp³-hybridized carbons (Fsp3) is 0.527. The fourth-order valence-electron chi connectivity index (χ4n) is 8.35. The number of epoxide rings is 1. The summed E-state index contributed by atoms with van der Waals surface area (Å²) in [4.78, 5) is 83.5. The summed E-state index contributed by atoms with van der Waals surface area (Å²) in [6.45, 7) is 15.5. The van der Waals surface area contributed by atoms with E-state index in [0.29, 0.717) is 62.2 Å². The number of benzene rings is 3. The largest absolute Gasteiger partial charge is 0.748 e. The summed E-state index contributed by atoms with van der Waals surface area (Å²) in [7, 11) is -3.92. The molecule has 5 atom stereocenters. The van der Waals surface area contributed by atoms with Gasteiger partial charge in [-0.2, -0.15) is 0 Å². The van der Waals surface area contributed by atoms with Crippen LogP contribution in [0.5, 0.6) is 11.5 Å². The smallest absolute Gasteiger partial charge is 0.313 e. The van der Waals surface area contributed by atoms with Crippen molar-refractivity contribution in [3.05, 3.63) is 95.6 Å². The number of ether oxygens (including phenoxy) is 4. The highest BCUT2D eigenvalue weighted by Gasteiger charge is 2.50. The van der Waals surface area contributed by atoms with Crippen LogP contribution in [0.4, 0.5) is 0 Å². The minimum Gasteiger partial charge on any atom is -0.748 e. The van der Waals surface area contributed by atoms with Crippen molar-refractivity contribution in [1.82, 2.24) is 21.3 Å². The average molecular weight is 1050 g/mol. The number of nitrogens with zero attached hydrogens (tertiary/aromatic N) is 1. The molecule has 5 rings (SSSR count). The van der Waals surface area contributed by atoms with Gasteiger partial charge in [-0.3, -0.25) is 28.8 Å². The van der Waals surface area contributed by atoms with Crippen molar-refractivity contribution < 1.29 is 65.2 Å². The molecule has 18 nitrogen and oxygen atoms in total. The Labute approximate surface area is 436 Å². The van der Waals surface area contributed by atoms with Gasteiger partial charge in [0.15, 0.2) is 23.8 Å². The lowest BCUT2D eigenvalue weighted by Gasteiger charge is -2.41. The number of esters is 1.